The van der Waals surface area contributed by atoms with E-state index in [4.69, 9.17) is 4.74 Å². The first kappa shape index (κ1) is 22.3. The molecule has 0 aromatic heterocycles. The van der Waals surface area contributed by atoms with Crippen LogP contribution in [0.1, 0.15) is 31.1 Å². The standard InChI is InChI=1S/C19H13F3N2O6S/c1-30-12-4-2-3-10(7-12)16(25)15(31-19(20,21)22)9-23-17(26)13-6-5-11(24(28)29)8-14(13)18(23)27/h2-8,15H,9H2,1H3. The zero-order chi connectivity index (χ0) is 22.9. The van der Waals surface area contributed by atoms with Crippen molar-refractivity contribution in [1.29, 1.82) is 0 Å². The van der Waals surface area contributed by atoms with Crippen LogP contribution < -0.4 is 4.74 Å². The van der Waals surface area contributed by atoms with Crippen LogP contribution >= 0.6 is 11.8 Å². The van der Waals surface area contributed by atoms with Crippen molar-refractivity contribution in [2.45, 2.75) is 10.8 Å². The average Bonchev–Trinajstić information content (AvgIpc) is 2.96. The Morgan fingerprint density at radius 2 is 1.84 bits per heavy atom. The van der Waals surface area contributed by atoms with Gasteiger partial charge in [0.15, 0.2) is 5.78 Å². The van der Waals surface area contributed by atoms with E-state index in [0.29, 0.717) is 4.90 Å². The molecule has 1 unspecified atom stereocenters. The number of thioether (sulfide) groups is 1. The summed E-state index contributed by atoms with van der Waals surface area (Å²) in [6.07, 6.45) is 0. The van der Waals surface area contributed by atoms with Crippen LogP contribution in [0, 0.1) is 10.1 Å². The van der Waals surface area contributed by atoms with E-state index in [1.165, 1.54) is 31.4 Å². The smallest absolute Gasteiger partial charge is 0.442 e. The molecule has 12 heteroatoms. The van der Waals surface area contributed by atoms with Gasteiger partial charge in [0.05, 0.1) is 28.4 Å². The second kappa shape index (κ2) is 8.38. The number of nitro benzene ring substituents is 1. The molecule has 3 rings (SSSR count). The second-order valence-corrected chi connectivity index (χ2v) is 7.62. The lowest BCUT2D eigenvalue weighted by atomic mass is 10.1. The first-order valence-corrected chi connectivity index (χ1v) is 9.47. The molecule has 0 saturated heterocycles. The number of carbonyl (C=O) groups excluding carboxylic acids is 3. The maximum Gasteiger partial charge on any atom is 0.442 e. The SMILES string of the molecule is COc1cccc(C(=O)C(CN2C(=O)c3ccc([N+](=O)[O-])cc3C2=O)SC(F)(F)F)c1. The first-order valence-electron chi connectivity index (χ1n) is 8.59. The molecule has 2 amide bonds. The third-order valence-electron chi connectivity index (χ3n) is 4.44. The molecular formula is C19H13F3N2O6S. The Labute approximate surface area is 177 Å². The lowest BCUT2D eigenvalue weighted by molar-refractivity contribution is -0.384. The molecule has 0 spiro atoms. The summed E-state index contributed by atoms with van der Waals surface area (Å²) in [4.78, 5) is 48.6. The van der Waals surface area contributed by atoms with E-state index < -0.39 is 57.3 Å². The number of amides is 2. The predicted molar refractivity (Wildman–Crippen MR) is 103 cm³/mol. The summed E-state index contributed by atoms with van der Waals surface area (Å²) in [5.74, 6) is -2.64. The summed E-state index contributed by atoms with van der Waals surface area (Å²) in [7, 11) is 1.32. The molecule has 31 heavy (non-hydrogen) atoms. The quantitative estimate of drug-likeness (QED) is 0.272. The molecule has 0 radical (unpaired) electrons. The zero-order valence-corrected chi connectivity index (χ0v) is 16.5. The molecule has 0 N–H and O–H groups in total. The number of benzene rings is 2. The van der Waals surface area contributed by atoms with Crippen LogP contribution in [0.5, 0.6) is 5.75 Å². The highest BCUT2D eigenvalue weighted by Gasteiger charge is 2.43. The van der Waals surface area contributed by atoms with Gasteiger partial charge in [-0.1, -0.05) is 12.1 Å². The number of methoxy groups -OCH3 is 1. The van der Waals surface area contributed by atoms with Gasteiger partial charge in [-0.2, -0.15) is 13.2 Å². The number of non-ortho nitro benzene ring substituents is 1. The Kier molecular flexibility index (Phi) is 6.02. The summed E-state index contributed by atoms with van der Waals surface area (Å²) in [6.45, 7) is -0.861. The van der Waals surface area contributed by atoms with Crippen LogP contribution in [0.15, 0.2) is 42.5 Å². The van der Waals surface area contributed by atoms with Gasteiger partial charge in [-0.25, -0.2) is 0 Å². The topological polar surface area (TPSA) is 107 Å². The van der Waals surface area contributed by atoms with Gasteiger partial charge in [0.2, 0.25) is 0 Å². The van der Waals surface area contributed by atoms with Crippen LogP contribution in [0.2, 0.25) is 0 Å². The van der Waals surface area contributed by atoms with Crippen LogP contribution in [0.3, 0.4) is 0 Å². The van der Waals surface area contributed by atoms with Gasteiger partial charge >= 0.3 is 5.51 Å². The van der Waals surface area contributed by atoms with Crippen LogP contribution in [-0.2, 0) is 0 Å². The summed E-state index contributed by atoms with van der Waals surface area (Å²) < 4.78 is 44.3. The number of carbonyl (C=O) groups is 3. The van der Waals surface area contributed by atoms with Crippen molar-refractivity contribution in [2.75, 3.05) is 13.7 Å². The predicted octanol–water partition coefficient (Wildman–Crippen LogP) is 3.70. The fourth-order valence-electron chi connectivity index (χ4n) is 3.02. The number of nitro groups is 1. The van der Waals surface area contributed by atoms with E-state index in [-0.39, 0.29) is 22.4 Å². The molecule has 0 aliphatic carbocycles. The van der Waals surface area contributed by atoms with Gasteiger partial charge in [0, 0.05) is 24.2 Å². The molecule has 0 bridgehead atoms. The van der Waals surface area contributed by atoms with Crippen molar-refractivity contribution in [3.8, 4) is 5.75 Å². The number of halogens is 3. The van der Waals surface area contributed by atoms with Crippen molar-refractivity contribution in [3.05, 3.63) is 69.3 Å². The number of ketones is 1. The highest BCUT2D eigenvalue weighted by molar-refractivity contribution is 8.01. The lowest BCUT2D eigenvalue weighted by Gasteiger charge is -2.22. The van der Waals surface area contributed by atoms with E-state index in [9.17, 15) is 37.7 Å². The molecule has 1 atom stereocenters. The summed E-state index contributed by atoms with van der Waals surface area (Å²) in [5, 5.41) is 9.07. The minimum Gasteiger partial charge on any atom is -0.497 e. The Balaban J connectivity index is 1.92. The molecule has 2 aromatic rings. The maximum atomic E-state index is 13.1. The molecule has 2 aromatic carbocycles. The van der Waals surface area contributed by atoms with Gasteiger partial charge < -0.3 is 4.74 Å². The number of rotatable bonds is 7. The summed E-state index contributed by atoms with van der Waals surface area (Å²) >= 11 is -0.649. The van der Waals surface area contributed by atoms with Gasteiger partial charge in [-0.3, -0.25) is 29.4 Å². The molecule has 0 saturated carbocycles. The maximum absolute atomic E-state index is 13.1. The fourth-order valence-corrected chi connectivity index (χ4v) is 3.81. The molecule has 1 heterocycles. The Morgan fingerprint density at radius 3 is 2.45 bits per heavy atom. The fraction of sp³-hybridized carbons (Fsp3) is 0.211. The Bertz CT molecular complexity index is 1090. The van der Waals surface area contributed by atoms with Gasteiger partial charge in [0.25, 0.3) is 17.5 Å². The van der Waals surface area contributed by atoms with Gasteiger partial charge in [-0.05, 0) is 30.0 Å². The molecule has 1 aliphatic heterocycles. The number of fused-ring (bicyclic) bond motifs is 1. The number of nitrogens with zero attached hydrogens (tertiary/aromatic N) is 2. The van der Waals surface area contributed by atoms with E-state index in [2.05, 4.69) is 0 Å². The lowest BCUT2D eigenvalue weighted by Crippen LogP contribution is -2.40. The minimum atomic E-state index is -4.82. The van der Waals surface area contributed by atoms with E-state index in [1.807, 2.05) is 0 Å². The average molecular weight is 454 g/mol. The largest absolute Gasteiger partial charge is 0.497 e. The van der Waals surface area contributed by atoms with Crippen molar-refractivity contribution in [3.63, 3.8) is 0 Å². The number of Topliss-reactive ketones (excluding diaryl/α,β-unsaturated/α-hetero) is 1. The molecule has 0 fully saturated rings. The number of imide groups is 1. The second-order valence-electron chi connectivity index (χ2n) is 6.36. The highest BCUT2D eigenvalue weighted by Crippen LogP contribution is 2.37. The molecule has 8 nitrogen and oxygen atoms in total. The van der Waals surface area contributed by atoms with Crippen molar-refractivity contribution in [2.24, 2.45) is 0 Å². The van der Waals surface area contributed by atoms with Crippen LogP contribution in [0.4, 0.5) is 18.9 Å². The van der Waals surface area contributed by atoms with Gasteiger partial charge in [-0.15, -0.1) is 0 Å². The number of ether oxygens (including phenoxy) is 1. The van der Waals surface area contributed by atoms with Crippen LogP contribution in [0.25, 0.3) is 0 Å². The first-order chi connectivity index (χ1) is 14.5. The van der Waals surface area contributed by atoms with Gasteiger partial charge in [0.1, 0.15) is 5.75 Å². The summed E-state index contributed by atoms with van der Waals surface area (Å²) in [5.41, 5.74) is -5.84. The molecular weight excluding hydrogens is 441 g/mol. The zero-order valence-electron chi connectivity index (χ0n) is 15.7. The number of hydrogen-bond donors (Lipinski definition) is 0. The minimum absolute atomic E-state index is 0.0895. The third kappa shape index (κ3) is 4.68. The van der Waals surface area contributed by atoms with Crippen molar-refractivity contribution < 1.29 is 37.2 Å². The van der Waals surface area contributed by atoms with E-state index >= 15 is 0 Å². The Morgan fingerprint density at radius 1 is 1.16 bits per heavy atom. The molecule has 162 valence electrons. The highest BCUT2D eigenvalue weighted by atomic mass is 32.2. The summed E-state index contributed by atoms with van der Waals surface area (Å²) in [6, 6.07) is 8.41. The Hall–Kier alpha value is -3.41. The third-order valence-corrected chi connectivity index (χ3v) is 5.35. The van der Waals surface area contributed by atoms with Crippen molar-refractivity contribution in [1.82, 2.24) is 4.90 Å². The number of hydrogen-bond acceptors (Lipinski definition) is 7. The van der Waals surface area contributed by atoms with E-state index in [1.54, 1.807) is 0 Å². The molecule has 1 aliphatic rings. The van der Waals surface area contributed by atoms with E-state index in [0.717, 1.165) is 18.2 Å². The monoisotopic (exact) mass is 454 g/mol. The van der Waals surface area contributed by atoms with Crippen LogP contribution in [-0.4, -0.2) is 51.8 Å². The van der Waals surface area contributed by atoms with Crippen molar-refractivity contribution >= 4 is 35.0 Å². The number of alkyl halides is 3. The normalized spacial score (nSPS) is 14.4.